The summed E-state index contributed by atoms with van der Waals surface area (Å²) < 4.78 is 0. The highest BCUT2D eigenvalue weighted by Crippen LogP contribution is 2.24. The number of carboxylic acids is 1. The first-order valence-corrected chi connectivity index (χ1v) is 6.85. The molecule has 112 valence electrons. The van der Waals surface area contributed by atoms with Crippen molar-refractivity contribution in [1.82, 2.24) is 9.88 Å². The third-order valence-electron chi connectivity index (χ3n) is 3.86. The second-order valence-electron chi connectivity index (χ2n) is 5.94. The number of carboxylic acid groups (broad SMARTS) is 1. The summed E-state index contributed by atoms with van der Waals surface area (Å²) in [5, 5.41) is 13.5. The summed E-state index contributed by atoms with van der Waals surface area (Å²) in [5.74, 6) is -1.02. The van der Waals surface area contributed by atoms with Crippen molar-refractivity contribution in [1.29, 1.82) is 0 Å². The summed E-state index contributed by atoms with van der Waals surface area (Å²) in [6.07, 6.45) is 0. The highest BCUT2D eigenvalue weighted by Gasteiger charge is 2.20. The van der Waals surface area contributed by atoms with Crippen molar-refractivity contribution in [2.45, 2.75) is 19.4 Å². The number of rotatable bonds is 5. The van der Waals surface area contributed by atoms with Gasteiger partial charge in [-0.3, -0.25) is 0 Å². The van der Waals surface area contributed by atoms with Crippen LogP contribution in [0, 0.1) is 0 Å². The molecule has 0 saturated heterocycles. The maximum atomic E-state index is 11.2. The van der Waals surface area contributed by atoms with Gasteiger partial charge >= 0.3 is 5.97 Å². The number of para-hydroxylation sites is 1. The molecule has 0 aliphatic heterocycles. The van der Waals surface area contributed by atoms with Crippen LogP contribution in [0.1, 0.15) is 24.3 Å². The molecule has 0 bridgehead atoms. The van der Waals surface area contributed by atoms with Gasteiger partial charge in [0.1, 0.15) is 0 Å². The molecular formula is C16H21N3O2. The Morgan fingerprint density at radius 2 is 2.00 bits per heavy atom. The van der Waals surface area contributed by atoms with E-state index < -0.39 is 5.97 Å². The van der Waals surface area contributed by atoms with Crippen molar-refractivity contribution < 1.29 is 9.90 Å². The molecule has 2 aromatic rings. The van der Waals surface area contributed by atoms with E-state index >= 15 is 0 Å². The largest absolute Gasteiger partial charge is 0.477 e. The first kappa shape index (κ1) is 15.3. The number of fused-ring (bicyclic) bond motifs is 1. The highest BCUT2D eigenvalue weighted by atomic mass is 16.4. The Bertz CT molecular complexity index is 666. The van der Waals surface area contributed by atoms with Gasteiger partial charge in [-0.05, 0) is 40.1 Å². The Kier molecular flexibility index (Phi) is 4.14. The van der Waals surface area contributed by atoms with Crippen LogP contribution in [0.15, 0.2) is 30.3 Å². The average molecular weight is 287 g/mol. The topological polar surface area (TPSA) is 65.5 Å². The summed E-state index contributed by atoms with van der Waals surface area (Å²) in [6, 6.07) is 9.14. The van der Waals surface area contributed by atoms with Crippen molar-refractivity contribution in [3.05, 3.63) is 36.0 Å². The van der Waals surface area contributed by atoms with Gasteiger partial charge in [0.05, 0.1) is 5.52 Å². The molecule has 1 heterocycles. The van der Waals surface area contributed by atoms with Gasteiger partial charge < -0.3 is 15.3 Å². The monoisotopic (exact) mass is 287 g/mol. The molecule has 0 saturated carbocycles. The number of aromatic carboxylic acids is 1. The Labute approximate surface area is 124 Å². The van der Waals surface area contributed by atoms with Crippen LogP contribution in [-0.2, 0) is 0 Å². The smallest absolute Gasteiger partial charge is 0.354 e. The molecule has 2 N–H and O–H groups in total. The van der Waals surface area contributed by atoms with Gasteiger partial charge in [0.25, 0.3) is 0 Å². The Morgan fingerprint density at radius 1 is 1.33 bits per heavy atom. The molecular weight excluding hydrogens is 266 g/mol. The van der Waals surface area contributed by atoms with Crippen LogP contribution in [0.3, 0.4) is 0 Å². The van der Waals surface area contributed by atoms with Crippen molar-refractivity contribution in [2.75, 3.05) is 26.0 Å². The van der Waals surface area contributed by atoms with E-state index in [0.29, 0.717) is 12.1 Å². The summed E-state index contributed by atoms with van der Waals surface area (Å²) in [4.78, 5) is 17.5. The van der Waals surface area contributed by atoms with Crippen LogP contribution in [0.5, 0.6) is 0 Å². The van der Waals surface area contributed by atoms with E-state index in [1.165, 1.54) is 0 Å². The van der Waals surface area contributed by atoms with E-state index in [0.717, 1.165) is 11.1 Å². The Balaban J connectivity index is 2.40. The predicted octanol–water partition coefficient (Wildman–Crippen LogP) is 2.69. The summed E-state index contributed by atoms with van der Waals surface area (Å²) >= 11 is 0. The lowest BCUT2D eigenvalue weighted by Gasteiger charge is -2.33. The molecule has 0 unspecified atom stereocenters. The molecule has 21 heavy (non-hydrogen) atoms. The summed E-state index contributed by atoms with van der Waals surface area (Å²) in [6.45, 7) is 4.95. The van der Waals surface area contributed by atoms with Gasteiger partial charge in [-0.15, -0.1) is 0 Å². The maximum absolute atomic E-state index is 11.2. The van der Waals surface area contributed by atoms with E-state index in [-0.39, 0.29) is 11.2 Å². The zero-order valence-corrected chi connectivity index (χ0v) is 12.8. The van der Waals surface area contributed by atoms with Crippen LogP contribution in [0.2, 0.25) is 0 Å². The first-order valence-electron chi connectivity index (χ1n) is 6.85. The molecule has 1 aromatic heterocycles. The molecule has 0 radical (unpaired) electrons. The maximum Gasteiger partial charge on any atom is 0.354 e. The zero-order chi connectivity index (χ0) is 15.6. The normalized spacial score (nSPS) is 11.9. The van der Waals surface area contributed by atoms with Gasteiger partial charge in [-0.2, -0.15) is 0 Å². The molecule has 0 aliphatic rings. The molecule has 0 fully saturated rings. The molecule has 0 spiro atoms. The number of likely N-dealkylation sites (N-methyl/N-ethyl adjacent to an activating group) is 1. The highest BCUT2D eigenvalue weighted by molar-refractivity contribution is 5.97. The van der Waals surface area contributed by atoms with Crippen molar-refractivity contribution in [3.63, 3.8) is 0 Å². The molecule has 0 aliphatic carbocycles. The van der Waals surface area contributed by atoms with E-state index in [1.807, 2.05) is 38.4 Å². The standard InChI is InChI=1S/C16H21N3O2/c1-16(2,19(3)4)10-17-13-9-14(15(20)21)18-12-8-6-5-7-11(12)13/h5-9H,10H2,1-4H3,(H,17,18)(H,20,21). The van der Waals surface area contributed by atoms with E-state index in [2.05, 4.69) is 29.0 Å². The molecule has 0 amide bonds. The van der Waals surface area contributed by atoms with Crippen LogP contribution in [-0.4, -0.2) is 47.1 Å². The second-order valence-corrected chi connectivity index (χ2v) is 5.94. The Hall–Kier alpha value is -2.14. The number of aromatic nitrogens is 1. The van der Waals surface area contributed by atoms with Gasteiger partial charge in [0.2, 0.25) is 0 Å². The number of anilines is 1. The van der Waals surface area contributed by atoms with Gasteiger partial charge in [-0.25, -0.2) is 9.78 Å². The number of hydrogen-bond acceptors (Lipinski definition) is 4. The number of pyridine rings is 1. The quantitative estimate of drug-likeness (QED) is 0.885. The average Bonchev–Trinajstić information content (AvgIpc) is 2.44. The van der Waals surface area contributed by atoms with Gasteiger partial charge in [-0.1, -0.05) is 18.2 Å². The third-order valence-corrected chi connectivity index (χ3v) is 3.86. The second kappa shape index (κ2) is 5.69. The molecule has 2 rings (SSSR count). The Morgan fingerprint density at radius 3 is 2.62 bits per heavy atom. The summed E-state index contributed by atoms with van der Waals surface area (Å²) in [5.41, 5.74) is 1.49. The predicted molar refractivity (Wildman–Crippen MR) is 85.0 cm³/mol. The number of benzene rings is 1. The fourth-order valence-corrected chi connectivity index (χ4v) is 1.90. The lowest BCUT2D eigenvalue weighted by molar-refractivity contribution is 0.0691. The molecule has 5 heteroatoms. The lowest BCUT2D eigenvalue weighted by atomic mass is 10.0. The van der Waals surface area contributed by atoms with Crippen LogP contribution >= 0.6 is 0 Å². The van der Waals surface area contributed by atoms with Crippen LogP contribution < -0.4 is 5.32 Å². The minimum Gasteiger partial charge on any atom is -0.477 e. The van der Waals surface area contributed by atoms with Crippen molar-refractivity contribution in [2.24, 2.45) is 0 Å². The number of hydrogen-bond donors (Lipinski definition) is 2. The van der Waals surface area contributed by atoms with E-state index in [4.69, 9.17) is 0 Å². The minimum absolute atomic E-state index is 0.0479. The van der Waals surface area contributed by atoms with Gasteiger partial charge in [0, 0.05) is 23.2 Å². The summed E-state index contributed by atoms with van der Waals surface area (Å²) in [7, 11) is 4.05. The number of nitrogens with zero attached hydrogens (tertiary/aromatic N) is 2. The first-order chi connectivity index (χ1) is 9.81. The third kappa shape index (κ3) is 3.31. The number of carbonyl (C=O) groups is 1. The molecule has 1 aromatic carbocycles. The van der Waals surface area contributed by atoms with Crippen LogP contribution in [0.4, 0.5) is 5.69 Å². The van der Waals surface area contributed by atoms with Crippen molar-refractivity contribution >= 4 is 22.6 Å². The van der Waals surface area contributed by atoms with E-state index in [9.17, 15) is 9.90 Å². The van der Waals surface area contributed by atoms with Crippen LogP contribution in [0.25, 0.3) is 10.9 Å². The van der Waals surface area contributed by atoms with E-state index in [1.54, 1.807) is 6.07 Å². The fourth-order valence-electron chi connectivity index (χ4n) is 1.90. The van der Waals surface area contributed by atoms with Gasteiger partial charge in [0.15, 0.2) is 5.69 Å². The SMILES string of the molecule is CN(C)C(C)(C)CNc1cc(C(=O)O)nc2ccccc12. The van der Waals surface area contributed by atoms with Crippen molar-refractivity contribution in [3.8, 4) is 0 Å². The number of nitrogens with one attached hydrogen (secondary N) is 1. The molecule has 5 nitrogen and oxygen atoms in total. The minimum atomic E-state index is -1.02. The zero-order valence-electron chi connectivity index (χ0n) is 12.8. The fraction of sp³-hybridized carbons (Fsp3) is 0.375. The lowest BCUT2D eigenvalue weighted by Crippen LogP contribution is -2.44. The molecule has 0 atom stereocenters.